The lowest BCUT2D eigenvalue weighted by Crippen LogP contribution is -2.56. The molecule has 1 saturated heterocycles. The van der Waals surface area contributed by atoms with Crippen LogP contribution in [0, 0.1) is 20.8 Å². The van der Waals surface area contributed by atoms with Crippen LogP contribution in [0.15, 0.2) is 66.7 Å². The Morgan fingerprint density at radius 3 is 2.23 bits per heavy atom. The Bertz CT molecular complexity index is 1140. The van der Waals surface area contributed by atoms with Gasteiger partial charge in [0, 0.05) is 5.69 Å². The maximum Gasteiger partial charge on any atom is 0.255 e. The number of amides is 2. The van der Waals surface area contributed by atoms with Gasteiger partial charge in [0.25, 0.3) is 5.91 Å². The highest BCUT2D eigenvalue weighted by Gasteiger charge is 2.43. The Hall–Kier alpha value is -3.60. The molecule has 3 aromatic carbocycles. The first-order valence-corrected chi connectivity index (χ1v) is 10.3. The van der Waals surface area contributed by atoms with Gasteiger partial charge in [-0.2, -0.15) is 0 Å². The van der Waals surface area contributed by atoms with Crippen LogP contribution in [0.4, 0.5) is 11.4 Å². The molecule has 158 valence electrons. The normalized spacial score (nSPS) is 16.6. The van der Waals surface area contributed by atoms with Crippen molar-refractivity contribution in [1.29, 1.82) is 0 Å². The van der Waals surface area contributed by atoms with Crippen molar-refractivity contribution >= 4 is 23.2 Å². The van der Waals surface area contributed by atoms with Crippen molar-refractivity contribution < 1.29 is 14.3 Å². The first-order chi connectivity index (χ1) is 14.9. The molecule has 5 heteroatoms. The van der Waals surface area contributed by atoms with Crippen molar-refractivity contribution in [3.05, 3.63) is 89.0 Å². The van der Waals surface area contributed by atoms with E-state index in [4.69, 9.17) is 4.74 Å². The fourth-order valence-corrected chi connectivity index (χ4v) is 4.07. The summed E-state index contributed by atoms with van der Waals surface area (Å²) in [5.74, 6) is 0.264. The number of carbonyl (C=O) groups is 2. The largest absolute Gasteiger partial charge is 0.495 e. The number of hydrogen-bond acceptors (Lipinski definition) is 3. The van der Waals surface area contributed by atoms with Crippen molar-refractivity contribution in [2.24, 2.45) is 0 Å². The number of piperazine rings is 1. The number of methoxy groups -OCH3 is 1. The maximum atomic E-state index is 13.9. The number of nitrogens with zero attached hydrogens (tertiary/aromatic N) is 2. The average Bonchev–Trinajstić information content (AvgIpc) is 2.77. The number of para-hydroxylation sites is 2. The minimum Gasteiger partial charge on any atom is -0.495 e. The Morgan fingerprint density at radius 2 is 1.52 bits per heavy atom. The predicted molar refractivity (Wildman–Crippen MR) is 123 cm³/mol. The van der Waals surface area contributed by atoms with E-state index in [9.17, 15) is 9.59 Å². The van der Waals surface area contributed by atoms with Crippen LogP contribution in [-0.4, -0.2) is 25.5 Å². The highest BCUT2D eigenvalue weighted by atomic mass is 16.5. The predicted octanol–water partition coefficient (Wildman–Crippen LogP) is 4.74. The van der Waals surface area contributed by atoms with Crippen molar-refractivity contribution in [3.8, 4) is 5.75 Å². The van der Waals surface area contributed by atoms with E-state index in [0.29, 0.717) is 11.4 Å². The number of hydrogen-bond donors (Lipinski definition) is 0. The number of carbonyl (C=O) groups excluding carboxylic acids is 2. The van der Waals surface area contributed by atoms with Crippen LogP contribution in [0.3, 0.4) is 0 Å². The standard InChI is InChI=1S/C26H26N2O3/c1-17-12-14-20(15-13-17)25-26(30)27(21-10-7-8-18(2)19(21)3)16-24(29)28(25)22-9-5-6-11-23(22)31-4/h5-15,25H,16H2,1-4H3. The molecule has 1 fully saturated rings. The van der Waals surface area contributed by atoms with Crippen LogP contribution >= 0.6 is 0 Å². The molecule has 1 aliphatic rings. The molecular weight excluding hydrogens is 388 g/mol. The second-order valence-corrected chi connectivity index (χ2v) is 7.89. The van der Waals surface area contributed by atoms with Gasteiger partial charge < -0.3 is 9.64 Å². The minimum absolute atomic E-state index is 0.0243. The van der Waals surface area contributed by atoms with Crippen LogP contribution in [-0.2, 0) is 9.59 Å². The summed E-state index contributed by atoms with van der Waals surface area (Å²) < 4.78 is 5.51. The molecule has 0 bridgehead atoms. The van der Waals surface area contributed by atoms with E-state index in [2.05, 4.69) is 0 Å². The Labute approximate surface area is 182 Å². The molecule has 0 N–H and O–H groups in total. The van der Waals surface area contributed by atoms with Gasteiger partial charge in [0.2, 0.25) is 5.91 Å². The van der Waals surface area contributed by atoms with Crippen molar-refractivity contribution in [1.82, 2.24) is 0 Å². The third-order valence-electron chi connectivity index (χ3n) is 5.92. The SMILES string of the molecule is COc1ccccc1N1C(=O)CN(c2cccc(C)c2C)C(=O)C1c1ccc(C)cc1. The molecule has 0 saturated carbocycles. The van der Waals surface area contributed by atoms with Gasteiger partial charge in [-0.1, -0.05) is 54.1 Å². The van der Waals surface area contributed by atoms with E-state index >= 15 is 0 Å². The van der Waals surface area contributed by atoms with Crippen LogP contribution in [0.1, 0.15) is 28.3 Å². The van der Waals surface area contributed by atoms with Gasteiger partial charge in [-0.05, 0) is 55.7 Å². The molecule has 31 heavy (non-hydrogen) atoms. The smallest absolute Gasteiger partial charge is 0.255 e. The molecule has 2 amide bonds. The number of benzene rings is 3. The summed E-state index contributed by atoms with van der Waals surface area (Å²) in [5, 5.41) is 0. The lowest BCUT2D eigenvalue weighted by Gasteiger charge is -2.41. The summed E-state index contributed by atoms with van der Waals surface area (Å²) in [6.07, 6.45) is 0. The first kappa shape index (κ1) is 20.7. The van der Waals surface area contributed by atoms with Crippen molar-refractivity contribution in [2.75, 3.05) is 23.5 Å². The van der Waals surface area contributed by atoms with E-state index in [-0.39, 0.29) is 18.4 Å². The first-order valence-electron chi connectivity index (χ1n) is 10.3. The van der Waals surface area contributed by atoms with E-state index in [1.807, 2.05) is 81.4 Å². The highest BCUT2D eigenvalue weighted by Crippen LogP contribution is 2.39. The lowest BCUT2D eigenvalue weighted by atomic mass is 9.97. The van der Waals surface area contributed by atoms with Crippen molar-refractivity contribution in [3.63, 3.8) is 0 Å². The molecular formula is C26H26N2O3. The monoisotopic (exact) mass is 414 g/mol. The van der Waals surface area contributed by atoms with E-state index < -0.39 is 6.04 Å². The minimum atomic E-state index is -0.780. The highest BCUT2D eigenvalue weighted by molar-refractivity contribution is 6.15. The molecule has 1 aliphatic heterocycles. The fourth-order valence-electron chi connectivity index (χ4n) is 4.07. The van der Waals surface area contributed by atoms with Gasteiger partial charge in [-0.3, -0.25) is 14.5 Å². The molecule has 1 atom stereocenters. The molecule has 1 heterocycles. The summed E-state index contributed by atoms with van der Waals surface area (Å²) in [7, 11) is 1.57. The van der Waals surface area contributed by atoms with Gasteiger partial charge in [0.1, 0.15) is 18.3 Å². The summed E-state index contributed by atoms with van der Waals surface area (Å²) in [4.78, 5) is 30.6. The van der Waals surface area contributed by atoms with E-state index in [0.717, 1.165) is 27.9 Å². The van der Waals surface area contributed by atoms with Crippen LogP contribution < -0.4 is 14.5 Å². The third-order valence-corrected chi connectivity index (χ3v) is 5.92. The molecule has 3 aromatic rings. The number of rotatable bonds is 4. The lowest BCUT2D eigenvalue weighted by molar-refractivity contribution is -0.128. The number of ether oxygens (including phenoxy) is 1. The zero-order chi connectivity index (χ0) is 22.1. The molecule has 5 nitrogen and oxygen atoms in total. The summed E-state index contributed by atoms with van der Waals surface area (Å²) in [6, 6.07) is 20.1. The molecule has 0 spiro atoms. The van der Waals surface area contributed by atoms with E-state index in [1.165, 1.54) is 0 Å². The van der Waals surface area contributed by atoms with Gasteiger partial charge in [-0.15, -0.1) is 0 Å². The molecule has 0 radical (unpaired) electrons. The molecule has 1 unspecified atom stereocenters. The molecule has 4 rings (SSSR count). The fraction of sp³-hybridized carbons (Fsp3) is 0.231. The zero-order valence-corrected chi connectivity index (χ0v) is 18.3. The maximum absolute atomic E-state index is 13.9. The average molecular weight is 415 g/mol. The van der Waals surface area contributed by atoms with Crippen LogP contribution in [0.25, 0.3) is 0 Å². The Balaban J connectivity index is 1.87. The second kappa shape index (κ2) is 8.26. The van der Waals surface area contributed by atoms with Crippen molar-refractivity contribution in [2.45, 2.75) is 26.8 Å². The number of aryl methyl sites for hydroxylation is 2. The van der Waals surface area contributed by atoms with Gasteiger partial charge in [-0.25, -0.2) is 0 Å². The second-order valence-electron chi connectivity index (χ2n) is 7.89. The third kappa shape index (κ3) is 3.67. The Kier molecular flexibility index (Phi) is 5.51. The van der Waals surface area contributed by atoms with Gasteiger partial charge in [0.05, 0.1) is 12.8 Å². The molecule has 0 aliphatic carbocycles. The van der Waals surface area contributed by atoms with Gasteiger partial charge in [0.15, 0.2) is 0 Å². The topological polar surface area (TPSA) is 49.9 Å². The summed E-state index contributed by atoms with van der Waals surface area (Å²) >= 11 is 0. The zero-order valence-electron chi connectivity index (χ0n) is 18.3. The quantitative estimate of drug-likeness (QED) is 0.620. The van der Waals surface area contributed by atoms with Crippen LogP contribution in [0.5, 0.6) is 5.75 Å². The summed E-state index contributed by atoms with van der Waals surface area (Å²) in [5.41, 5.74) is 5.30. The number of anilines is 2. The van der Waals surface area contributed by atoms with Gasteiger partial charge >= 0.3 is 0 Å². The van der Waals surface area contributed by atoms with E-state index in [1.54, 1.807) is 23.0 Å². The summed E-state index contributed by atoms with van der Waals surface area (Å²) in [6.45, 7) is 5.96. The van der Waals surface area contributed by atoms with Crippen LogP contribution in [0.2, 0.25) is 0 Å². The molecule has 0 aromatic heterocycles. The Morgan fingerprint density at radius 1 is 0.839 bits per heavy atom.